The van der Waals surface area contributed by atoms with Crippen molar-refractivity contribution >= 4 is 23.2 Å². The highest BCUT2D eigenvalue weighted by Gasteiger charge is 2.22. The number of hydrogen-bond acceptors (Lipinski definition) is 3. The van der Waals surface area contributed by atoms with Crippen LogP contribution in [0.1, 0.15) is 36.8 Å². The molecule has 0 spiro atoms. The van der Waals surface area contributed by atoms with Crippen LogP contribution in [0.5, 0.6) is 11.5 Å². The summed E-state index contributed by atoms with van der Waals surface area (Å²) in [4.78, 5) is 2.53. The Morgan fingerprint density at radius 3 is 2.00 bits per heavy atom. The second-order valence-corrected chi connectivity index (χ2v) is 9.91. The van der Waals surface area contributed by atoms with Crippen molar-refractivity contribution in [2.75, 3.05) is 13.1 Å². The average molecular weight is 483 g/mol. The van der Waals surface area contributed by atoms with Gasteiger partial charge in [-0.1, -0.05) is 59.6 Å². The monoisotopic (exact) mass is 482 g/mol. The molecule has 0 unspecified atom stereocenters. The number of para-hydroxylation sites is 1. The Morgan fingerprint density at radius 2 is 1.33 bits per heavy atom. The highest BCUT2D eigenvalue weighted by molar-refractivity contribution is 6.42. The number of hydrogen-bond donors (Lipinski definition) is 1. The standard InChI is InChI=1S/C28H32Cl2N2O/c29-27-15-12-24(16-28(27)30)20-32(18-22-8-6-21(17-31)7-9-22)19-23-10-13-26(14-11-23)33-25-4-2-1-3-5-25/h1-5,10-16,21-22H,6-9,17-20,31H2. The first-order valence-corrected chi connectivity index (χ1v) is 12.5. The molecule has 0 radical (unpaired) electrons. The first kappa shape index (κ1) is 24.1. The van der Waals surface area contributed by atoms with Crippen molar-refractivity contribution in [1.82, 2.24) is 4.90 Å². The molecule has 2 N–H and O–H groups in total. The fraction of sp³-hybridized carbons (Fsp3) is 0.357. The molecule has 1 aliphatic carbocycles. The molecule has 0 bridgehead atoms. The molecule has 0 amide bonds. The van der Waals surface area contributed by atoms with E-state index < -0.39 is 0 Å². The van der Waals surface area contributed by atoms with E-state index in [1.807, 2.05) is 54.6 Å². The Balaban J connectivity index is 1.43. The Hall–Kier alpha value is -2.04. The summed E-state index contributed by atoms with van der Waals surface area (Å²) in [6, 6.07) is 24.2. The van der Waals surface area contributed by atoms with Crippen molar-refractivity contribution in [2.24, 2.45) is 17.6 Å². The van der Waals surface area contributed by atoms with E-state index in [2.05, 4.69) is 23.1 Å². The Morgan fingerprint density at radius 1 is 0.727 bits per heavy atom. The molecule has 5 heteroatoms. The lowest BCUT2D eigenvalue weighted by atomic mass is 9.82. The zero-order valence-corrected chi connectivity index (χ0v) is 20.4. The number of rotatable bonds is 9. The summed E-state index contributed by atoms with van der Waals surface area (Å²) in [5.74, 6) is 3.10. The van der Waals surface area contributed by atoms with Crippen molar-refractivity contribution in [2.45, 2.75) is 38.8 Å². The normalized spacial score (nSPS) is 18.4. The van der Waals surface area contributed by atoms with Gasteiger partial charge < -0.3 is 10.5 Å². The molecule has 33 heavy (non-hydrogen) atoms. The van der Waals surface area contributed by atoms with E-state index in [4.69, 9.17) is 33.7 Å². The Labute approximate surface area is 207 Å². The van der Waals surface area contributed by atoms with Crippen LogP contribution in [-0.2, 0) is 13.1 Å². The number of ether oxygens (including phenoxy) is 1. The molecule has 1 aliphatic rings. The van der Waals surface area contributed by atoms with Gasteiger partial charge in [0.05, 0.1) is 10.0 Å². The molecule has 1 saturated carbocycles. The van der Waals surface area contributed by atoms with Gasteiger partial charge in [-0.15, -0.1) is 0 Å². The van der Waals surface area contributed by atoms with Crippen LogP contribution < -0.4 is 10.5 Å². The number of benzene rings is 3. The van der Waals surface area contributed by atoms with Crippen molar-refractivity contribution in [1.29, 1.82) is 0 Å². The lowest BCUT2D eigenvalue weighted by Gasteiger charge is -2.32. The second-order valence-electron chi connectivity index (χ2n) is 9.10. The summed E-state index contributed by atoms with van der Waals surface area (Å²) in [6.07, 6.45) is 4.99. The third kappa shape index (κ3) is 7.22. The van der Waals surface area contributed by atoms with Gasteiger partial charge in [0.25, 0.3) is 0 Å². The Bertz CT molecular complexity index is 1000. The lowest BCUT2D eigenvalue weighted by Crippen LogP contribution is -2.32. The van der Waals surface area contributed by atoms with Crippen molar-refractivity contribution in [3.05, 3.63) is 94.0 Å². The summed E-state index contributed by atoms with van der Waals surface area (Å²) < 4.78 is 5.95. The number of nitrogens with two attached hydrogens (primary N) is 1. The Kier molecular flexibility index (Phi) is 8.69. The summed E-state index contributed by atoms with van der Waals surface area (Å²) in [7, 11) is 0. The molecule has 3 aromatic rings. The van der Waals surface area contributed by atoms with E-state index in [9.17, 15) is 0 Å². The molecular formula is C28H32Cl2N2O. The molecular weight excluding hydrogens is 451 g/mol. The second kappa shape index (κ2) is 11.9. The fourth-order valence-electron chi connectivity index (χ4n) is 4.64. The quantitative estimate of drug-likeness (QED) is 0.341. The van der Waals surface area contributed by atoms with Gasteiger partial charge in [0.1, 0.15) is 11.5 Å². The van der Waals surface area contributed by atoms with E-state index in [-0.39, 0.29) is 0 Å². The van der Waals surface area contributed by atoms with E-state index in [1.54, 1.807) is 0 Å². The van der Waals surface area contributed by atoms with Gasteiger partial charge in [0.2, 0.25) is 0 Å². The molecule has 0 atom stereocenters. The van der Waals surface area contributed by atoms with E-state index in [0.717, 1.165) is 37.7 Å². The predicted molar refractivity (Wildman–Crippen MR) is 138 cm³/mol. The number of nitrogens with zero attached hydrogens (tertiary/aromatic N) is 1. The van der Waals surface area contributed by atoms with Crippen LogP contribution in [0.25, 0.3) is 0 Å². The van der Waals surface area contributed by atoms with Crippen molar-refractivity contribution < 1.29 is 4.74 Å². The summed E-state index contributed by atoms with van der Waals surface area (Å²) in [5.41, 5.74) is 8.35. The predicted octanol–water partition coefficient (Wildman–Crippen LogP) is 7.55. The minimum absolute atomic E-state index is 0.598. The van der Waals surface area contributed by atoms with E-state index in [0.29, 0.717) is 21.9 Å². The smallest absolute Gasteiger partial charge is 0.127 e. The summed E-state index contributed by atoms with van der Waals surface area (Å²) >= 11 is 12.4. The molecule has 0 aromatic heterocycles. The van der Waals surface area contributed by atoms with Crippen LogP contribution in [0, 0.1) is 11.8 Å². The van der Waals surface area contributed by atoms with Crippen LogP contribution in [-0.4, -0.2) is 18.0 Å². The van der Waals surface area contributed by atoms with E-state index in [1.165, 1.54) is 36.8 Å². The fourth-order valence-corrected chi connectivity index (χ4v) is 4.96. The van der Waals surface area contributed by atoms with Crippen molar-refractivity contribution in [3.63, 3.8) is 0 Å². The van der Waals surface area contributed by atoms with Crippen LogP contribution in [0.2, 0.25) is 10.0 Å². The van der Waals surface area contributed by atoms with Gasteiger partial charge in [-0.05, 0) is 91.6 Å². The summed E-state index contributed by atoms with van der Waals surface area (Å²) in [5, 5.41) is 1.21. The van der Waals surface area contributed by atoms with Gasteiger partial charge in [-0.3, -0.25) is 4.90 Å². The average Bonchev–Trinajstić information content (AvgIpc) is 2.84. The van der Waals surface area contributed by atoms with Crippen molar-refractivity contribution in [3.8, 4) is 11.5 Å². The molecule has 3 aromatic carbocycles. The zero-order valence-electron chi connectivity index (χ0n) is 18.9. The first-order valence-electron chi connectivity index (χ1n) is 11.8. The van der Waals surface area contributed by atoms with Gasteiger partial charge in [0.15, 0.2) is 0 Å². The third-order valence-electron chi connectivity index (χ3n) is 6.51. The molecule has 0 saturated heterocycles. The highest BCUT2D eigenvalue weighted by atomic mass is 35.5. The van der Waals surface area contributed by atoms with Crippen LogP contribution in [0.4, 0.5) is 0 Å². The number of halogens is 2. The molecule has 0 aliphatic heterocycles. The van der Waals surface area contributed by atoms with Crippen LogP contribution in [0.15, 0.2) is 72.8 Å². The van der Waals surface area contributed by atoms with E-state index >= 15 is 0 Å². The molecule has 3 nitrogen and oxygen atoms in total. The largest absolute Gasteiger partial charge is 0.457 e. The zero-order chi connectivity index (χ0) is 23.0. The van der Waals surface area contributed by atoms with Crippen LogP contribution in [0.3, 0.4) is 0 Å². The molecule has 4 rings (SSSR count). The SMILES string of the molecule is NCC1CCC(CN(Cc2ccc(Oc3ccccc3)cc2)Cc2ccc(Cl)c(Cl)c2)CC1. The highest BCUT2D eigenvalue weighted by Crippen LogP contribution is 2.30. The first-order chi connectivity index (χ1) is 16.1. The minimum Gasteiger partial charge on any atom is -0.457 e. The molecule has 1 fully saturated rings. The molecule has 174 valence electrons. The summed E-state index contributed by atoms with van der Waals surface area (Å²) in [6.45, 7) is 3.61. The van der Waals surface area contributed by atoms with Crippen LogP contribution >= 0.6 is 23.2 Å². The van der Waals surface area contributed by atoms with Gasteiger partial charge in [0, 0.05) is 19.6 Å². The van der Waals surface area contributed by atoms with Gasteiger partial charge in [-0.2, -0.15) is 0 Å². The minimum atomic E-state index is 0.598. The topological polar surface area (TPSA) is 38.5 Å². The van der Waals surface area contributed by atoms with Gasteiger partial charge in [-0.25, -0.2) is 0 Å². The molecule has 0 heterocycles. The van der Waals surface area contributed by atoms with Gasteiger partial charge >= 0.3 is 0 Å². The maximum Gasteiger partial charge on any atom is 0.127 e. The maximum atomic E-state index is 6.29. The maximum absolute atomic E-state index is 6.29. The lowest BCUT2D eigenvalue weighted by molar-refractivity contribution is 0.170. The third-order valence-corrected chi connectivity index (χ3v) is 7.25.